The van der Waals surface area contributed by atoms with Crippen molar-refractivity contribution in [2.45, 2.75) is 37.4 Å². The minimum atomic E-state index is -0.211. The molecule has 156 valence electrons. The maximum absolute atomic E-state index is 12.8. The third-order valence-electron chi connectivity index (χ3n) is 6.04. The van der Waals surface area contributed by atoms with E-state index in [1.165, 1.54) is 0 Å². The summed E-state index contributed by atoms with van der Waals surface area (Å²) < 4.78 is 6.03. The minimum absolute atomic E-state index is 0.0182. The molecule has 1 amide bonds. The first-order chi connectivity index (χ1) is 15.2. The Kier molecular flexibility index (Phi) is 5.14. The van der Waals surface area contributed by atoms with E-state index in [0.29, 0.717) is 23.2 Å². The molecule has 2 aliphatic heterocycles. The summed E-state index contributed by atoms with van der Waals surface area (Å²) in [6.07, 6.45) is 2.47. The van der Waals surface area contributed by atoms with Crippen LogP contribution < -0.4 is 15.4 Å². The first kappa shape index (κ1) is 19.3. The fraction of sp³-hybridized carbons (Fsp3) is 0.292. The van der Waals surface area contributed by atoms with Gasteiger partial charge >= 0.3 is 0 Å². The van der Waals surface area contributed by atoms with E-state index in [1.807, 2.05) is 54.6 Å². The number of nitrogens with zero attached hydrogens (tertiary/aromatic N) is 2. The number of benzene rings is 2. The number of rotatable bonds is 5. The van der Waals surface area contributed by atoms with Gasteiger partial charge in [0.2, 0.25) is 0 Å². The molecule has 2 aliphatic rings. The third kappa shape index (κ3) is 4.03. The maximum atomic E-state index is 12.8. The molecule has 0 saturated carbocycles. The van der Waals surface area contributed by atoms with Crippen LogP contribution in [0.3, 0.4) is 0 Å². The molecule has 3 heterocycles. The lowest BCUT2D eigenvalue weighted by Gasteiger charge is -2.26. The third-order valence-corrected chi connectivity index (χ3v) is 6.04. The van der Waals surface area contributed by atoms with Gasteiger partial charge in [-0.3, -0.25) is 9.89 Å². The first-order valence-electron chi connectivity index (χ1n) is 10.5. The zero-order chi connectivity index (χ0) is 21.2. The Morgan fingerprint density at radius 1 is 1.10 bits per heavy atom. The van der Waals surface area contributed by atoms with Crippen molar-refractivity contribution in [1.82, 2.24) is 20.8 Å². The number of H-pyrrole nitrogens is 1. The Labute approximate surface area is 180 Å². The first-order valence-corrected chi connectivity index (χ1v) is 10.5. The number of carbonyl (C=O) groups is 1. The van der Waals surface area contributed by atoms with E-state index in [9.17, 15) is 10.1 Å². The number of ether oxygens (including phenoxy) is 1. The Bertz CT molecular complexity index is 1120. The maximum Gasteiger partial charge on any atom is 0.272 e. The highest BCUT2D eigenvalue weighted by Gasteiger charge is 2.41. The number of nitrogens with one attached hydrogen (secondary N) is 3. The summed E-state index contributed by atoms with van der Waals surface area (Å²) in [5, 5.41) is 23.1. The molecule has 1 aromatic heterocycles. The molecule has 0 aliphatic carbocycles. The van der Waals surface area contributed by atoms with Crippen molar-refractivity contribution in [3.63, 3.8) is 0 Å². The number of piperidine rings is 1. The Morgan fingerprint density at radius 2 is 1.90 bits per heavy atom. The summed E-state index contributed by atoms with van der Waals surface area (Å²) in [7, 11) is 0. The molecule has 4 atom stereocenters. The largest absolute Gasteiger partial charge is 0.457 e. The quantitative estimate of drug-likeness (QED) is 0.593. The highest BCUT2D eigenvalue weighted by Crippen LogP contribution is 2.33. The number of amides is 1. The van der Waals surface area contributed by atoms with Crippen LogP contribution in [0.25, 0.3) is 11.3 Å². The van der Waals surface area contributed by atoms with E-state index in [1.54, 1.807) is 6.07 Å². The van der Waals surface area contributed by atoms with Crippen molar-refractivity contribution in [1.29, 1.82) is 5.26 Å². The van der Waals surface area contributed by atoms with Gasteiger partial charge in [-0.15, -0.1) is 0 Å². The second-order valence-electron chi connectivity index (χ2n) is 8.16. The number of aromatic amines is 1. The highest BCUT2D eigenvalue weighted by molar-refractivity contribution is 5.93. The van der Waals surface area contributed by atoms with Crippen molar-refractivity contribution >= 4 is 5.91 Å². The number of carbonyl (C=O) groups excluding carboxylic acids is 1. The molecule has 0 radical (unpaired) electrons. The van der Waals surface area contributed by atoms with Gasteiger partial charge in [-0.2, -0.15) is 10.4 Å². The highest BCUT2D eigenvalue weighted by atomic mass is 16.5. The fourth-order valence-corrected chi connectivity index (χ4v) is 4.58. The lowest BCUT2D eigenvalue weighted by atomic mass is 9.93. The topological polar surface area (TPSA) is 103 Å². The minimum Gasteiger partial charge on any atom is -0.457 e. The second kappa shape index (κ2) is 8.25. The van der Waals surface area contributed by atoms with Gasteiger partial charge < -0.3 is 15.4 Å². The Hall–Kier alpha value is -3.63. The summed E-state index contributed by atoms with van der Waals surface area (Å²) in [6, 6.07) is 21.8. The van der Waals surface area contributed by atoms with Crippen LogP contribution in [-0.2, 0) is 0 Å². The summed E-state index contributed by atoms with van der Waals surface area (Å²) >= 11 is 0. The monoisotopic (exact) mass is 413 g/mol. The number of aromatic nitrogens is 2. The van der Waals surface area contributed by atoms with Crippen LogP contribution in [0, 0.1) is 17.2 Å². The summed E-state index contributed by atoms with van der Waals surface area (Å²) in [4.78, 5) is 12.8. The molecule has 2 saturated heterocycles. The molecule has 3 aromatic rings. The van der Waals surface area contributed by atoms with Gasteiger partial charge in [0, 0.05) is 29.6 Å². The second-order valence-corrected chi connectivity index (χ2v) is 8.16. The van der Waals surface area contributed by atoms with Crippen LogP contribution in [0.15, 0.2) is 60.7 Å². The molecular weight excluding hydrogens is 390 g/mol. The number of fused-ring (bicyclic) bond motifs is 2. The normalized spacial score (nSPS) is 24.4. The lowest BCUT2D eigenvalue weighted by molar-refractivity contribution is 0.0927. The Balaban J connectivity index is 1.31. The number of nitriles is 1. The average molecular weight is 413 g/mol. The van der Waals surface area contributed by atoms with E-state index >= 15 is 0 Å². The van der Waals surface area contributed by atoms with Crippen molar-refractivity contribution < 1.29 is 9.53 Å². The zero-order valence-corrected chi connectivity index (χ0v) is 16.9. The van der Waals surface area contributed by atoms with Gasteiger partial charge in [-0.05, 0) is 49.6 Å². The predicted octanol–water partition coefficient (Wildman–Crippen LogP) is 3.63. The molecule has 2 bridgehead atoms. The van der Waals surface area contributed by atoms with Crippen LogP contribution in [0.1, 0.15) is 29.8 Å². The molecule has 2 aromatic carbocycles. The van der Waals surface area contributed by atoms with Crippen LogP contribution in [0.4, 0.5) is 0 Å². The van der Waals surface area contributed by atoms with Gasteiger partial charge in [0.15, 0.2) is 5.69 Å². The molecule has 0 spiro atoms. The smallest absolute Gasteiger partial charge is 0.272 e. The number of hydrogen-bond donors (Lipinski definition) is 3. The van der Waals surface area contributed by atoms with Gasteiger partial charge in [-0.1, -0.05) is 30.3 Å². The van der Waals surface area contributed by atoms with Gasteiger partial charge in [0.1, 0.15) is 11.5 Å². The van der Waals surface area contributed by atoms with E-state index in [4.69, 9.17) is 4.74 Å². The number of hydrogen-bond acceptors (Lipinski definition) is 5. The average Bonchev–Trinajstić information content (AvgIpc) is 3.39. The van der Waals surface area contributed by atoms with Crippen molar-refractivity contribution in [2.24, 2.45) is 5.92 Å². The Morgan fingerprint density at radius 3 is 2.74 bits per heavy atom. The van der Waals surface area contributed by atoms with E-state index < -0.39 is 0 Å². The summed E-state index contributed by atoms with van der Waals surface area (Å²) in [5.41, 5.74) is 1.88. The number of para-hydroxylation sites is 2. The predicted molar refractivity (Wildman–Crippen MR) is 115 cm³/mol. The molecule has 1 unspecified atom stereocenters. The van der Waals surface area contributed by atoms with Gasteiger partial charge in [-0.25, -0.2) is 0 Å². The molecule has 5 rings (SSSR count). The van der Waals surface area contributed by atoms with Crippen molar-refractivity contribution in [3.05, 3.63) is 66.4 Å². The summed E-state index contributed by atoms with van der Waals surface area (Å²) in [5.74, 6) is 1.27. The standard InChI is InChI=1S/C24H23N5O2/c25-14-15-10-16-12-21(20(11-15)26-16)27-24(30)22-13-19(28-29-22)18-8-4-5-9-23(18)31-17-6-2-1-3-7-17/h1-9,13,15-16,20-21,26H,10-12H2,(H,27,30)(H,28,29)/t15?,16-,20+,21+/m1/s1. The molecule has 2 fully saturated rings. The van der Waals surface area contributed by atoms with Gasteiger partial charge in [0.05, 0.1) is 11.8 Å². The molecule has 7 heteroatoms. The van der Waals surface area contributed by atoms with Crippen LogP contribution >= 0.6 is 0 Å². The molecule has 7 nitrogen and oxygen atoms in total. The van der Waals surface area contributed by atoms with Crippen LogP contribution in [0.5, 0.6) is 11.5 Å². The van der Waals surface area contributed by atoms with E-state index in [2.05, 4.69) is 26.9 Å². The molecule has 3 N–H and O–H groups in total. The lowest BCUT2D eigenvalue weighted by Crippen LogP contribution is -2.46. The zero-order valence-electron chi connectivity index (χ0n) is 16.9. The SMILES string of the molecule is N#CC1C[C@@H]2C[C@H](NC(=O)c3cc(-c4ccccc4Oc4ccccc4)[nH]n3)[C@H](C1)N2. The van der Waals surface area contributed by atoms with E-state index in [-0.39, 0.29) is 23.9 Å². The van der Waals surface area contributed by atoms with Crippen molar-refractivity contribution in [2.75, 3.05) is 0 Å². The summed E-state index contributed by atoms with van der Waals surface area (Å²) in [6.45, 7) is 0. The van der Waals surface area contributed by atoms with Gasteiger partial charge in [0.25, 0.3) is 5.91 Å². The van der Waals surface area contributed by atoms with E-state index in [0.717, 1.165) is 30.6 Å². The van der Waals surface area contributed by atoms with Crippen LogP contribution in [0.2, 0.25) is 0 Å². The fourth-order valence-electron chi connectivity index (χ4n) is 4.58. The molecule has 31 heavy (non-hydrogen) atoms. The van der Waals surface area contributed by atoms with Crippen molar-refractivity contribution in [3.8, 4) is 28.8 Å². The molecular formula is C24H23N5O2. The van der Waals surface area contributed by atoms with Crippen LogP contribution in [-0.4, -0.2) is 34.2 Å².